The summed E-state index contributed by atoms with van der Waals surface area (Å²) in [6.45, 7) is 9.92. The highest BCUT2D eigenvalue weighted by Gasteiger charge is 2.17. The Labute approximate surface area is 162 Å². The third-order valence-corrected chi connectivity index (χ3v) is 6.25. The van der Waals surface area contributed by atoms with Gasteiger partial charge in [0.25, 0.3) is 0 Å². The van der Waals surface area contributed by atoms with Gasteiger partial charge in [-0.3, -0.25) is 9.59 Å². The summed E-state index contributed by atoms with van der Waals surface area (Å²) in [5.41, 5.74) is 5.61. The topological polar surface area (TPSA) is 34.1 Å². The van der Waals surface area contributed by atoms with E-state index in [2.05, 4.69) is 28.9 Å². The van der Waals surface area contributed by atoms with Crippen molar-refractivity contribution in [2.75, 3.05) is 0 Å². The summed E-state index contributed by atoms with van der Waals surface area (Å²) in [4.78, 5) is 26.2. The number of carbonyl (C=O) groups excluding carboxylic acids is 2. The third-order valence-electron chi connectivity index (χ3n) is 4.37. The predicted octanol–water partition coefficient (Wildman–Crippen LogP) is 6.44. The van der Waals surface area contributed by atoms with Gasteiger partial charge in [-0.05, 0) is 86.7 Å². The van der Waals surface area contributed by atoms with Crippen molar-refractivity contribution in [2.45, 2.75) is 47.5 Å². The van der Waals surface area contributed by atoms with E-state index in [0.717, 1.165) is 42.9 Å². The molecule has 1 aromatic heterocycles. The Morgan fingerprint density at radius 3 is 2.56 bits per heavy atom. The molecule has 1 aliphatic carbocycles. The standard InChI is InChI=1S/C21H23BrO2S/c1-12-7-6-8-18(23)17(14(3)9-12)10-13(2)11-19(24)20-15(4)16(5)25-21(20)22/h6,8-9,11H,7,10H2,1-5H3/b8-6+,12-9-,13-11-,17-14-. The van der Waals surface area contributed by atoms with E-state index in [1.807, 2.05) is 33.8 Å². The normalized spacial score (nSPS) is 22.2. The number of ketones is 2. The maximum absolute atomic E-state index is 12.7. The van der Waals surface area contributed by atoms with E-state index in [0.29, 0.717) is 6.42 Å². The highest BCUT2D eigenvalue weighted by Crippen LogP contribution is 2.33. The lowest BCUT2D eigenvalue weighted by atomic mass is 9.93. The number of hydrogen-bond acceptors (Lipinski definition) is 3. The molecule has 132 valence electrons. The van der Waals surface area contributed by atoms with Crippen molar-refractivity contribution in [1.82, 2.24) is 0 Å². The first-order valence-electron chi connectivity index (χ1n) is 8.25. The number of thiophene rings is 1. The molecule has 0 aromatic carbocycles. The van der Waals surface area contributed by atoms with Crippen molar-refractivity contribution in [3.05, 3.63) is 66.4 Å². The molecule has 0 radical (unpaired) electrons. The van der Waals surface area contributed by atoms with Crippen LogP contribution < -0.4 is 0 Å². The van der Waals surface area contributed by atoms with Crippen LogP contribution in [0.4, 0.5) is 0 Å². The van der Waals surface area contributed by atoms with E-state index in [9.17, 15) is 9.59 Å². The van der Waals surface area contributed by atoms with Crippen LogP contribution in [0, 0.1) is 13.8 Å². The fourth-order valence-electron chi connectivity index (χ4n) is 2.88. The third kappa shape index (κ3) is 4.77. The number of carbonyl (C=O) groups is 2. The molecule has 0 bridgehead atoms. The second-order valence-corrected chi connectivity index (χ2v) is 9.13. The van der Waals surface area contributed by atoms with Gasteiger partial charge in [0, 0.05) is 10.5 Å². The molecule has 1 aromatic rings. The van der Waals surface area contributed by atoms with Crippen molar-refractivity contribution >= 4 is 38.8 Å². The molecule has 2 nitrogen and oxygen atoms in total. The van der Waals surface area contributed by atoms with Gasteiger partial charge >= 0.3 is 0 Å². The summed E-state index contributed by atoms with van der Waals surface area (Å²) in [6, 6.07) is 0. The van der Waals surface area contributed by atoms with Crippen LogP contribution in [-0.2, 0) is 4.79 Å². The van der Waals surface area contributed by atoms with Crippen LogP contribution in [0.5, 0.6) is 0 Å². The van der Waals surface area contributed by atoms with Crippen LogP contribution in [0.1, 0.15) is 54.4 Å². The van der Waals surface area contributed by atoms with Crippen molar-refractivity contribution in [3.8, 4) is 0 Å². The molecule has 0 saturated heterocycles. The Bertz CT molecular complexity index is 847. The van der Waals surface area contributed by atoms with Crippen molar-refractivity contribution < 1.29 is 9.59 Å². The first kappa shape index (κ1) is 19.8. The molecule has 0 fully saturated rings. The van der Waals surface area contributed by atoms with Crippen molar-refractivity contribution in [3.63, 3.8) is 0 Å². The Balaban J connectivity index is 2.31. The summed E-state index contributed by atoms with van der Waals surface area (Å²) < 4.78 is 0.871. The molecule has 2 rings (SSSR count). The predicted molar refractivity (Wildman–Crippen MR) is 109 cm³/mol. The minimum atomic E-state index is -0.00923. The van der Waals surface area contributed by atoms with Gasteiger partial charge in [-0.1, -0.05) is 23.3 Å². The van der Waals surface area contributed by atoms with Crippen LogP contribution in [0.25, 0.3) is 0 Å². The van der Waals surface area contributed by atoms with Crippen molar-refractivity contribution in [2.24, 2.45) is 0 Å². The summed E-state index contributed by atoms with van der Waals surface area (Å²) >= 11 is 5.07. The molecule has 0 spiro atoms. The van der Waals surface area contributed by atoms with E-state index >= 15 is 0 Å². The number of rotatable bonds is 4. The number of allylic oxidation sites excluding steroid dienone is 8. The molecule has 0 N–H and O–H groups in total. The average Bonchev–Trinajstić information content (AvgIpc) is 2.76. The van der Waals surface area contributed by atoms with Crippen LogP contribution >= 0.6 is 27.3 Å². The van der Waals surface area contributed by atoms with Crippen LogP contribution in [0.15, 0.2) is 50.4 Å². The van der Waals surface area contributed by atoms with Gasteiger partial charge in [0.1, 0.15) is 0 Å². The van der Waals surface area contributed by atoms with Crippen LogP contribution in [0.3, 0.4) is 0 Å². The van der Waals surface area contributed by atoms with E-state index in [1.54, 1.807) is 23.5 Å². The van der Waals surface area contributed by atoms with Gasteiger partial charge in [-0.2, -0.15) is 0 Å². The fraction of sp³-hybridized carbons (Fsp3) is 0.333. The van der Waals surface area contributed by atoms with Gasteiger partial charge in [0.05, 0.1) is 9.35 Å². The first-order chi connectivity index (χ1) is 11.7. The molecular formula is C21H23BrO2S. The molecule has 1 heterocycles. The van der Waals surface area contributed by atoms with Gasteiger partial charge in [0.15, 0.2) is 11.6 Å². The molecule has 0 amide bonds. The molecule has 0 atom stereocenters. The highest BCUT2D eigenvalue weighted by atomic mass is 79.9. The minimum Gasteiger partial charge on any atom is -0.290 e. The molecule has 4 heteroatoms. The number of halogens is 1. The Morgan fingerprint density at radius 2 is 1.96 bits per heavy atom. The minimum absolute atomic E-state index is 0.00923. The maximum Gasteiger partial charge on any atom is 0.188 e. The first-order valence-corrected chi connectivity index (χ1v) is 9.86. The van der Waals surface area contributed by atoms with E-state index in [1.165, 1.54) is 5.57 Å². The Kier molecular flexibility index (Phi) is 6.53. The van der Waals surface area contributed by atoms with E-state index in [4.69, 9.17) is 0 Å². The van der Waals surface area contributed by atoms with Crippen LogP contribution in [0.2, 0.25) is 0 Å². The lowest BCUT2D eigenvalue weighted by Gasteiger charge is -2.11. The second kappa shape index (κ2) is 8.24. The molecule has 0 unspecified atom stereocenters. The Hall–Kier alpha value is -1.52. The molecular weight excluding hydrogens is 396 g/mol. The maximum atomic E-state index is 12.7. The van der Waals surface area contributed by atoms with Crippen LogP contribution in [-0.4, -0.2) is 11.6 Å². The lowest BCUT2D eigenvalue weighted by molar-refractivity contribution is -0.111. The molecule has 25 heavy (non-hydrogen) atoms. The average molecular weight is 419 g/mol. The van der Waals surface area contributed by atoms with Gasteiger partial charge in [-0.25, -0.2) is 0 Å². The SMILES string of the molecule is C/C1=C/C(C)=C(/C/C(C)=C\C(=O)c2c(Br)sc(C)c2C)C(=O)/C=C/C1. The van der Waals surface area contributed by atoms with Gasteiger partial charge in [-0.15, -0.1) is 11.3 Å². The smallest absolute Gasteiger partial charge is 0.188 e. The molecule has 0 aliphatic heterocycles. The largest absolute Gasteiger partial charge is 0.290 e. The lowest BCUT2D eigenvalue weighted by Crippen LogP contribution is -2.05. The zero-order valence-corrected chi connectivity index (χ0v) is 17.7. The summed E-state index contributed by atoms with van der Waals surface area (Å²) in [7, 11) is 0. The fourth-order valence-corrected chi connectivity index (χ4v) is 4.98. The summed E-state index contributed by atoms with van der Waals surface area (Å²) in [6.07, 6.45) is 8.56. The van der Waals surface area contributed by atoms with Crippen molar-refractivity contribution in [1.29, 1.82) is 0 Å². The molecule has 0 saturated carbocycles. The van der Waals surface area contributed by atoms with E-state index < -0.39 is 0 Å². The number of aryl methyl sites for hydroxylation is 1. The quantitative estimate of drug-likeness (QED) is 0.416. The zero-order valence-electron chi connectivity index (χ0n) is 15.3. The van der Waals surface area contributed by atoms with Gasteiger partial charge < -0.3 is 0 Å². The zero-order chi connectivity index (χ0) is 18.7. The van der Waals surface area contributed by atoms with Gasteiger partial charge in [0.2, 0.25) is 0 Å². The summed E-state index contributed by atoms with van der Waals surface area (Å²) in [5.74, 6) is 0.0234. The summed E-state index contributed by atoms with van der Waals surface area (Å²) in [5, 5.41) is 0. The number of hydrogen-bond donors (Lipinski definition) is 0. The Morgan fingerprint density at radius 1 is 1.28 bits per heavy atom. The van der Waals surface area contributed by atoms with E-state index in [-0.39, 0.29) is 11.6 Å². The molecule has 1 aliphatic rings. The second-order valence-electron chi connectivity index (χ2n) is 6.59. The highest BCUT2D eigenvalue weighted by molar-refractivity contribution is 9.11. The monoisotopic (exact) mass is 418 g/mol.